The second kappa shape index (κ2) is 14.8. The van der Waals surface area contributed by atoms with Crippen LogP contribution in [0, 0.1) is 6.92 Å². The number of aromatic nitrogens is 3. The van der Waals surface area contributed by atoms with Gasteiger partial charge in [0.1, 0.15) is 12.4 Å². The summed E-state index contributed by atoms with van der Waals surface area (Å²) in [4.78, 5) is 18.4. The maximum Gasteiger partial charge on any atom is 0.253 e. The Labute approximate surface area is 208 Å². The zero-order chi connectivity index (χ0) is 22.6. The lowest BCUT2D eigenvalue weighted by atomic mass is 10.1. The van der Waals surface area contributed by atoms with Crippen molar-refractivity contribution in [2.75, 3.05) is 40.4 Å². The van der Waals surface area contributed by atoms with Crippen LogP contribution in [0.1, 0.15) is 40.9 Å². The SMILES string of the molecule is CCOCCCNC(=NCc1nnc(C)n1C)NCCc1cccc(C(=O)N(C)C)c1.I. The quantitative estimate of drug-likeness (QED) is 0.190. The summed E-state index contributed by atoms with van der Waals surface area (Å²) in [7, 11) is 5.45. The molecular formula is C22H36IN7O2. The average molecular weight is 557 g/mol. The van der Waals surface area contributed by atoms with Gasteiger partial charge in [-0.2, -0.15) is 0 Å². The summed E-state index contributed by atoms with van der Waals surface area (Å²) in [5.74, 6) is 2.39. The van der Waals surface area contributed by atoms with Gasteiger partial charge in [-0.15, -0.1) is 34.2 Å². The standard InChI is InChI=1S/C22H35N7O2.HI/c1-6-31-14-8-12-23-22(25-16-20-27-26-17(2)29(20)5)24-13-11-18-9-7-10-19(15-18)21(30)28(3)4;/h7,9-10,15H,6,8,11-14,16H2,1-5H3,(H2,23,24,25);1H. The molecular weight excluding hydrogens is 521 g/mol. The summed E-state index contributed by atoms with van der Waals surface area (Å²) in [6.07, 6.45) is 1.67. The van der Waals surface area contributed by atoms with E-state index in [1.165, 1.54) is 0 Å². The molecule has 0 fully saturated rings. The van der Waals surface area contributed by atoms with Crippen molar-refractivity contribution in [1.29, 1.82) is 0 Å². The topological polar surface area (TPSA) is 96.7 Å². The number of nitrogens with zero attached hydrogens (tertiary/aromatic N) is 5. The number of carbonyl (C=O) groups is 1. The minimum Gasteiger partial charge on any atom is -0.382 e. The predicted octanol–water partition coefficient (Wildman–Crippen LogP) is 2.15. The lowest BCUT2D eigenvalue weighted by Crippen LogP contribution is -2.39. The van der Waals surface area contributed by atoms with Gasteiger partial charge in [-0.25, -0.2) is 4.99 Å². The average Bonchev–Trinajstić information content (AvgIpc) is 3.08. The number of aryl methyl sites for hydroxylation is 1. The smallest absolute Gasteiger partial charge is 0.253 e. The molecule has 1 amide bonds. The third-order valence-electron chi connectivity index (χ3n) is 4.81. The zero-order valence-corrected chi connectivity index (χ0v) is 22.1. The van der Waals surface area contributed by atoms with Crippen molar-refractivity contribution in [3.63, 3.8) is 0 Å². The first-order chi connectivity index (χ1) is 14.9. The molecule has 1 aromatic heterocycles. The summed E-state index contributed by atoms with van der Waals surface area (Å²) in [6.45, 7) is 7.23. The van der Waals surface area contributed by atoms with Gasteiger partial charge in [0.05, 0.1) is 0 Å². The van der Waals surface area contributed by atoms with E-state index in [0.717, 1.165) is 49.2 Å². The maximum absolute atomic E-state index is 12.2. The number of nitrogens with one attached hydrogen (secondary N) is 2. The Kier molecular flexibility index (Phi) is 12.8. The maximum atomic E-state index is 12.2. The first kappa shape index (κ1) is 27.8. The van der Waals surface area contributed by atoms with Gasteiger partial charge in [0, 0.05) is 53.0 Å². The van der Waals surface area contributed by atoms with Gasteiger partial charge < -0.3 is 24.8 Å². The van der Waals surface area contributed by atoms with Crippen molar-refractivity contribution in [3.8, 4) is 0 Å². The van der Waals surface area contributed by atoms with E-state index in [1.54, 1.807) is 19.0 Å². The van der Waals surface area contributed by atoms with E-state index in [4.69, 9.17) is 4.74 Å². The van der Waals surface area contributed by atoms with Crippen LogP contribution in [0.5, 0.6) is 0 Å². The van der Waals surface area contributed by atoms with Gasteiger partial charge in [-0.1, -0.05) is 12.1 Å². The van der Waals surface area contributed by atoms with Crippen LogP contribution in [0.4, 0.5) is 0 Å². The lowest BCUT2D eigenvalue weighted by molar-refractivity contribution is 0.0827. The monoisotopic (exact) mass is 557 g/mol. The number of halogens is 1. The number of guanidine groups is 1. The fourth-order valence-electron chi connectivity index (χ4n) is 2.88. The highest BCUT2D eigenvalue weighted by molar-refractivity contribution is 14.0. The predicted molar refractivity (Wildman–Crippen MR) is 138 cm³/mol. The molecule has 0 aliphatic carbocycles. The number of ether oxygens (including phenoxy) is 1. The molecule has 32 heavy (non-hydrogen) atoms. The largest absolute Gasteiger partial charge is 0.382 e. The van der Waals surface area contributed by atoms with E-state index in [-0.39, 0.29) is 29.9 Å². The van der Waals surface area contributed by atoms with E-state index in [1.807, 2.05) is 49.7 Å². The third kappa shape index (κ3) is 9.11. The number of hydrogen-bond acceptors (Lipinski definition) is 5. The molecule has 2 rings (SSSR count). The van der Waals surface area contributed by atoms with Crippen molar-refractivity contribution in [3.05, 3.63) is 47.0 Å². The minimum absolute atomic E-state index is 0. The molecule has 10 heteroatoms. The first-order valence-corrected chi connectivity index (χ1v) is 10.7. The van der Waals surface area contributed by atoms with Crippen molar-refractivity contribution in [2.45, 2.75) is 33.2 Å². The Morgan fingerprint density at radius 3 is 2.62 bits per heavy atom. The van der Waals surface area contributed by atoms with Crippen LogP contribution in [-0.4, -0.2) is 71.9 Å². The van der Waals surface area contributed by atoms with E-state index < -0.39 is 0 Å². The molecule has 0 saturated heterocycles. The number of carbonyl (C=O) groups excluding carboxylic acids is 1. The van der Waals surface area contributed by atoms with Crippen LogP contribution < -0.4 is 10.6 Å². The Morgan fingerprint density at radius 2 is 1.97 bits per heavy atom. The molecule has 1 heterocycles. The summed E-state index contributed by atoms with van der Waals surface area (Å²) >= 11 is 0. The summed E-state index contributed by atoms with van der Waals surface area (Å²) in [5.41, 5.74) is 1.79. The van der Waals surface area contributed by atoms with E-state index >= 15 is 0 Å². The van der Waals surface area contributed by atoms with Crippen LogP contribution in [0.3, 0.4) is 0 Å². The van der Waals surface area contributed by atoms with E-state index in [0.29, 0.717) is 25.3 Å². The van der Waals surface area contributed by atoms with Crippen LogP contribution >= 0.6 is 24.0 Å². The van der Waals surface area contributed by atoms with Gasteiger partial charge in [0.2, 0.25) is 0 Å². The highest BCUT2D eigenvalue weighted by Crippen LogP contribution is 2.08. The summed E-state index contributed by atoms with van der Waals surface area (Å²) in [6, 6.07) is 7.74. The van der Waals surface area contributed by atoms with Gasteiger partial charge in [-0.05, 0) is 44.4 Å². The van der Waals surface area contributed by atoms with Crippen molar-refractivity contribution in [1.82, 2.24) is 30.3 Å². The Bertz CT molecular complexity index is 868. The van der Waals surface area contributed by atoms with Gasteiger partial charge >= 0.3 is 0 Å². The highest BCUT2D eigenvalue weighted by Gasteiger charge is 2.09. The van der Waals surface area contributed by atoms with E-state index in [2.05, 4.69) is 25.8 Å². The molecule has 0 spiro atoms. The molecule has 0 radical (unpaired) electrons. The number of aliphatic imine (C=N–C) groups is 1. The molecule has 0 bridgehead atoms. The minimum atomic E-state index is 0. The summed E-state index contributed by atoms with van der Waals surface area (Å²) < 4.78 is 7.33. The van der Waals surface area contributed by atoms with Crippen LogP contribution in [0.2, 0.25) is 0 Å². The highest BCUT2D eigenvalue weighted by atomic mass is 127. The van der Waals surface area contributed by atoms with Gasteiger partial charge in [0.15, 0.2) is 11.8 Å². The molecule has 2 aromatic rings. The second-order valence-corrected chi connectivity index (χ2v) is 7.44. The second-order valence-electron chi connectivity index (χ2n) is 7.44. The zero-order valence-electron chi connectivity index (χ0n) is 19.7. The molecule has 0 aliphatic heterocycles. The fraction of sp³-hybridized carbons (Fsp3) is 0.545. The Balaban J connectivity index is 0.00000512. The molecule has 2 N–H and O–H groups in total. The van der Waals surface area contributed by atoms with Crippen molar-refractivity contribution < 1.29 is 9.53 Å². The van der Waals surface area contributed by atoms with E-state index in [9.17, 15) is 4.79 Å². The number of rotatable bonds is 11. The molecule has 178 valence electrons. The van der Waals surface area contributed by atoms with Crippen LogP contribution in [0.25, 0.3) is 0 Å². The molecule has 0 aliphatic rings. The molecule has 1 aromatic carbocycles. The molecule has 0 saturated carbocycles. The lowest BCUT2D eigenvalue weighted by Gasteiger charge is -2.14. The summed E-state index contributed by atoms with van der Waals surface area (Å²) in [5, 5.41) is 15.0. The Hall–Kier alpha value is -2.21. The van der Waals surface area contributed by atoms with Crippen LogP contribution in [0.15, 0.2) is 29.3 Å². The fourth-order valence-corrected chi connectivity index (χ4v) is 2.88. The first-order valence-electron chi connectivity index (χ1n) is 10.7. The van der Waals surface area contributed by atoms with Crippen molar-refractivity contribution >= 4 is 35.8 Å². The van der Waals surface area contributed by atoms with Crippen molar-refractivity contribution in [2.24, 2.45) is 12.0 Å². The molecule has 0 unspecified atom stereocenters. The number of amides is 1. The molecule has 0 atom stereocenters. The number of hydrogen-bond donors (Lipinski definition) is 2. The van der Waals surface area contributed by atoms with Crippen LogP contribution in [-0.2, 0) is 24.8 Å². The van der Waals surface area contributed by atoms with Gasteiger partial charge in [-0.3, -0.25) is 4.79 Å². The third-order valence-corrected chi connectivity index (χ3v) is 4.81. The molecule has 9 nitrogen and oxygen atoms in total. The van der Waals surface area contributed by atoms with Gasteiger partial charge in [0.25, 0.3) is 5.91 Å². The Morgan fingerprint density at radius 1 is 1.22 bits per heavy atom. The normalized spacial score (nSPS) is 11.1. The number of benzene rings is 1.